The monoisotopic (exact) mass is 437 g/mol. The molecule has 0 unspecified atom stereocenters. The number of amides is 1. The molecule has 0 spiro atoms. The molecule has 3 heterocycles. The Bertz CT molecular complexity index is 1290. The van der Waals surface area contributed by atoms with Crippen LogP contribution >= 0.6 is 23.1 Å². The molecule has 154 valence electrons. The van der Waals surface area contributed by atoms with E-state index < -0.39 is 0 Å². The molecule has 1 aliphatic rings. The number of nitrogens with one attached hydrogen (secondary N) is 1. The van der Waals surface area contributed by atoms with Gasteiger partial charge in [0.2, 0.25) is 5.91 Å². The lowest BCUT2D eigenvalue weighted by Crippen LogP contribution is -2.15. The average molecular weight is 438 g/mol. The van der Waals surface area contributed by atoms with Gasteiger partial charge in [0, 0.05) is 10.6 Å². The van der Waals surface area contributed by atoms with Crippen LogP contribution in [0.15, 0.2) is 23.4 Å². The summed E-state index contributed by atoms with van der Waals surface area (Å²) in [6.45, 7) is 6.04. The molecule has 4 aromatic rings. The molecule has 5 rings (SSSR count). The van der Waals surface area contributed by atoms with Gasteiger partial charge in [-0.1, -0.05) is 23.9 Å². The Morgan fingerprint density at radius 3 is 2.90 bits per heavy atom. The normalized spacial score (nSPS) is 13.7. The number of carbonyl (C=O) groups excluding carboxylic acids is 1. The number of fused-ring (bicyclic) bond motifs is 5. The Balaban J connectivity index is 1.42. The minimum absolute atomic E-state index is 0.0509. The molecule has 30 heavy (non-hydrogen) atoms. The highest BCUT2D eigenvalue weighted by Crippen LogP contribution is 2.38. The highest BCUT2D eigenvalue weighted by Gasteiger charge is 2.22. The molecule has 6 nitrogen and oxygen atoms in total. The van der Waals surface area contributed by atoms with Crippen molar-refractivity contribution in [2.45, 2.75) is 51.6 Å². The lowest BCUT2D eigenvalue weighted by molar-refractivity contribution is -0.113. The van der Waals surface area contributed by atoms with Gasteiger partial charge in [-0.25, -0.2) is 4.98 Å². The summed E-state index contributed by atoms with van der Waals surface area (Å²) in [5.41, 5.74) is 5.38. The summed E-state index contributed by atoms with van der Waals surface area (Å²) in [4.78, 5) is 19.9. The van der Waals surface area contributed by atoms with E-state index in [1.165, 1.54) is 35.0 Å². The van der Waals surface area contributed by atoms with Gasteiger partial charge >= 0.3 is 0 Å². The van der Waals surface area contributed by atoms with Gasteiger partial charge in [-0.15, -0.1) is 21.5 Å². The summed E-state index contributed by atoms with van der Waals surface area (Å²) >= 11 is 3.19. The first-order chi connectivity index (χ1) is 14.5. The lowest BCUT2D eigenvalue weighted by Gasteiger charge is -2.11. The number of rotatable bonds is 4. The Labute approximate surface area is 183 Å². The van der Waals surface area contributed by atoms with Crippen LogP contribution in [0.2, 0.25) is 0 Å². The number of aryl methyl sites for hydroxylation is 4. The number of benzene rings is 1. The fourth-order valence-corrected chi connectivity index (χ4v) is 6.16. The third-order valence-electron chi connectivity index (χ3n) is 5.81. The predicted molar refractivity (Wildman–Crippen MR) is 123 cm³/mol. The van der Waals surface area contributed by atoms with Crippen molar-refractivity contribution in [3.63, 3.8) is 0 Å². The smallest absolute Gasteiger partial charge is 0.234 e. The molecule has 0 aliphatic heterocycles. The van der Waals surface area contributed by atoms with Crippen molar-refractivity contribution < 1.29 is 4.79 Å². The highest BCUT2D eigenvalue weighted by atomic mass is 32.2. The van der Waals surface area contributed by atoms with E-state index in [1.807, 2.05) is 43.4 Å². The second kappa shape index (κ2) is 7.67. The van der Waals surface area contributed by atoms with Gasteiger partial charge in [0.15, 0.2) is 10.8 Å². The van der Waals surface area contributed by atoms with Crippen molar-refractivity contribution in [3.05, 3.63) is 45.6 Å². The average Bonchev–Trinajstić information content (AvgIpc) is 3.31. The van der Waals surface area contributed by atoms with Gasteiger partial charge in [0.05, 0.1) is 11.1 Å². The second-order valence-corrected chi connectivity index (χ2v) is 9.80. The molecule has 3 aromatic heterocycles. The quantitative estimate of drug-likeness (QED) is 0.461. The zero-order valence-corrected chi connectivity index (χ0v) is 18.9. The first-order valence-corrected chi connectivity index (χ1v) is 12.0. The van der Waals surface area contributed by atoms with Gasteiger partial charge in [0.1, 0.15) is 10.7 Å². The zero-order valence-electron chi connectivity index (χ0n) is 17.3. The van der Waals surface area contributed by atoms with Crippen molar-refractivity contribution in [2.75, 3.05) is 11.1 Å². The van der Waals surface area contributed by atoms with E-state index in [4.69, 9.17) is 4.98 Å². The fourth-order valence-electron chi connectivity index (χ4n) is 4.08. The van der Waals surface area contributed by atoms with Crippen LogP contribution in [0.1, 0.15) is 40.2 Å². The molecule has 0 saturated heterocycles. The standard InChI is InChI=1S/C22H23N5OS2/c1-12-7-6-9-16(13(12)2)24-18(28)11-29-22-26-25-20-19-15-8-4-5-10-17(15)30-21(19)23-14(3)27(20)22/h6-7,9H,4-5,8,10-11H2,1-3H3,(H,24,28). The summed E-state index contributed by atoms with van der Waals surface area (Å²) in [5, 5.41) is 13.8. The molecule has 0 radical (unpaired) electrons. The molecular weight excluding hydrogens is 414 g/mol. The van der Waals surface area contributed by atoms with Crippen LogP contribution in [0.25, 0.3) is 15.9 Å². The maximum atomic E-state index is 12.6. The van der Waals surface area contributed by atoms with Crippen LogP contribution in [0.5, 0.6) is 0 Å². The first kappa shape index (κ1) is 19.5. The van der Waals surface area contributed by atoms with Crippen molar-refractivity contribution >= 4 is 50.6 Å². The van der Waals surface area contributed by atoms with E-state index in [1.54, 1.807) is 11.3 Å². The highest BCUT2D eigenvalue weighted by molar-refractivity contribution is 7.99. The van der Waals surface area contributed by atoms with Crippen molar-refractivity contribution in [1.29, 1.82) is 0 Å². The first-order valence-electron chi connectivity index (χ1n) is 10.2. The molecule has 1 aromatic carbocycles. The number of thioether (sulfide) groups is 1. The number of nitrogens with zero attached hydrogens (tertiary/aromatic N) is 4. The molecule has 0 saturated carbocycles. The van der Waals surface area contributed by atoms with Gasteiger partial charge in [0.25, 0.3) is 0 Å². The second-order valence-electron chi connectivity index (χ2n) is 7.78. The van der Waals surface area contributed by atoms with Gasteiger partial charge in [-0.2, -0.15) is 0 Å². The van der Waals surface area contributed by atoms with Gasteiger partial charge in [-0.3, -0.25) is 9.20 Å². The third kappa shape index (κ3) is 3.28. The Morgan fingerprint density at radius 1 is 1.20 bits per heavy atom. The summed E-state index contributed by atoms with van der Waals surface area (Å²) in [5.74, 6) is 1.08. The third-order valence-corrected chi connectivity index (χ3v) is 7.92. The maximum Gasteiger partial charge on any atom is 0.234 e. The Morgan fingerprint density at radius 2 is 2.03 bits per heavy atom. The molecule has 0 atom stereocenters. The number of thiophene rings is 1. The molecule has 1 amide bonds. The van der Waals surface area contributed by atoms with E-state index in [0.717, 1.165) is 51.3 Å². The molecule has 1 N–H and O–H groups in total. The number of carbonyl (C=O) groups is 1. The van der Waals surface area contributed by atoms with Crippen molar-refractivity contribution in [1.82, 2.24) is 19.6 Å². The molecular formula is C22H23N5OS2. The topological polar surface area (TPSA) is 72.2 Å². The summed E-state index contributed by atoms with van der Waals surface area (Å²) in [6, 6.07) is 5.93. The molecule has 8 heteroatoms. The van der Waals surface area contributed by atoms with Crippen LogP contribution in [-0.4, -0.2) is 31.2 Å². The van der Waals surface area contributed by atoms with E-state index in [0.29, 0.717) is 5.16 Å². The Hall–Kier alpha value is -2.45. The summed E-state index contributed by atoms with van der Waals surface area (Å²) in [7, 11) is 0. The Kier molecular flexibility index (Phi) is 4.99. The van der Waals surface area contributed by atoms with E-state index >= 15 is 0 Å². The fraction of sp³-hybridized carbons (Fsp3) is 0.364. The van der Waals surface area contributed by atoms with Crippen LogP contribution in [-0.2, 0) is 17.6 Å². The van der Waals surface area contributed by atoms with Crippen LogP contribution in [0, 0.1) is 20.8 Å². The van der Waals surface area contributed by atoms with Crippen LogP contribution in [0.3, 0.4) is 0 Å². The largest absolute Gasteiger partial charge is 0.325 e. The maximum absolute atomic E-state index is 12.6. The summed E-state index contributed by atoms with van der Waals surface area (Å²) in [6.07, 6.45) is 4.69. The van der Waals surface area contributed by atoms with Crippen LogP contribution < -0.4 is 5.32 Å². The predicted octanol–water partition coefficient (Wildman–Crippen LogP) is 4.87. The van der Waals surface area contributed by atoms with Crippen LogP contribution in [0.4, 0.5) is 5.69 Å². The zero-order chi connectivity index (χ0) is 20.8. The van der Waals surface area contributed by atoms with E-state index in [9.17, 15) is 4.79 Å². The van der Waals surface area contributed by atoms with Gasteiger partial charge in [-0.05, 0) is 69.2 Å². The van der Waals surface area contributed by atoms with Gasteiger partial charge < -0.3 is 5.32 Å². The van der Waals surface area contributed by atoms with Crippen molar-refractivity contribution in [2.24, 2.45) is 0 Å². The minimum atomic E-state index is -0.0509. The summed E-state index contributed by atoms with van der Waals surface area (Å²) < 4.78 is 2.00. The number of hydrogen-bond donors (Lipinski definition) is 1. The lowest BCUT2D eigenvalue weighted by atomic mass is 9.97. The molecule has 0 bridgehead atoms. The minimum Gasteiger partial charge on any atom is -0.325 e. The van der Waals surface area contributed by atoms with E-state index in [2.05, 4.69) is 15.5 Å². The number of hydrogen-bond acceptors (Lipinski definition) is 6. The number of anilines is 1. The SMILES string of the molecule is Cc1cccc(NC(=O)CSc2nnc3c4c5c(sc4nc(C)n23)CCCC5)c1C. The number of aromatic nitrogens is 4. The van der Waals surface area contributed by atoms with E-state index in [-0.39, 0.29) is 11.7 Å². The molecule has 1 aliphatic carbocycles. The molecule has 0 fully saturated rings. The van der Waals surface area contributed by atoms with Crippen molar-refractivity contribution in [3.8, 4) is 0 Å².